The molecule has 1 aromatic carbocycles. The monoisotopic (exact) mass is 374 g/mol. The fraction of sp³-hybridized carbons (Fsp3) is 0.474. The average Bonchev–Trinajstić information content (AvgIpc) is 3.05. The molecule has 0 saturated heterocycles. The second-order valence-electron chi connectivity index (χ2n) is 6.69. The Morgan fingerprint density at radius 3 is 2.52 bits per heavy atom. The highest BCUT2D eigenvalue weighted by atomic mass is 19.1. The van der Waals surface area contributed by atoms with Gasteiger partial charge in [-0.2, -0.15) is 0 Å². The highest BCUT2D eigenvalue weighted by Crippen LogP contribution is 2.30. The van der Waals surface area contributed by atoms with Crippen molar-refractivity contribution >= 4 is 11.9 Å². The van der Waals surface area contributed by atoms with E-state index in [0.29, 0.717) is 24.4 Å². The molecule has 144 valence electrons. The molecule has 1 aliphatic rings. The van der Waals surface area contributed by atoms with Crippen LogP contribution in [0.2, 0.25) is 0 Å². The van der Waals surface area contributed by atoms with Crippen molar-refractivity contribution in [2.75, 3.05) is 6.61 Å². The molecular formula is C19H23FN4O3. The third-order valence-corrected chi connectivity index (χ3v) is 4.77. The molecule has 8 heteroatoms. The standard InChI is InChI=1S/C19H23FN4O3/c1-3-27-18(26)19(11-5-4-6-12-19)22-17(25)16-21-13(2)24(23-16)15-9-7-14(20)8-10-15/h7-10H,3-6,11-12H2,1-2H3,(H,22,25). The highest BCUT2D eigenvalue weighted by Gasteiger charge is 2.43. The van der Waals surface area contributed by atoms with Crippen molar-refractivity contribution in [2.45, 2.75) is 51.5 Å². The van der Waals surface area contributed by atoms with Gasteiger partial charge in [0.15, 0.2) is 0 Å². The van der Waals surface area contributed by atoms with E-state index in [1.54, 1.807) is 26.0 Å². The Labute approximate surface area is 156 Å². The van der Waals surface area contributed by atoms with Gasteiger partial charge in [0.1, 0.15) is 17.2 Å². The van der Waals surface area contributed by atoms with Crippen molar-refractivity contribution in [3.63, 3.8) is 0 Å². The maximum Gasteiger partial charge on any atom is 0.331 e. The quantitative estimate of drug-likeness (QED) is 0.813. The fourth-order valence-electron chi connectivity index (χ4n) is 3.39. The van der Waals surface area contributed by atoms with Crippen LogP contribution < -0.4 is 5.32 Å². The normalized spacial score (nSPS) is 16.0. The van der Waals surface area contributed by atoms with E-state index < -0.39 is 17.4 Å². The molecule has 1 aliphatic carbocycles. The molecule has 2 aromatic rings. The Kier molecular flexibility index (Phi) is 5.53. The first-order chi connectivity index (χ1) is 12.9. The predicted molar refractivity (Wildman–Crippen MR) is 96.0 cm³/mol. The number of nitrogens with zero attached hydrogens (tertiary/aromatic N) is 3. The maximum absolute atomic E-state index is 13.1. The number of benzene rings is 1. The van der Waals surface area contributed by atoms with Gasteiger partial charge in [0.05, 0.1) is 12.3 Å². The first kappa shape index (κ1) is 19.0. The molecule has 7 nitrogen and oxygen atoms in total. The lowest BCUT2D eigenvalue weighted by Gasteiger charge is -2.35. The van der Waals surface area contributed by atoms with Crippen LogP contribution in [-0.4, -0.2) is 38.8 Å². The van der Waals surface area contributed by atoms with E-state index in [1.807, 2.05) is 0 Å². The topological polar surface area (TPSA) is 86.1 Å². The Morgan fingerprint density at radius 2 is 1.89 bits per heavy atom. The van der Waals surface area contributed by atoms with Crippen molar-refractivity contribution < 1.29 is 18.7 Å². The zero-order valence-corrected chi connectivity index (χ0v) is 15.5. The van der Waals surface area contributed by atoms with Crippen LogP contribution in [-0.2, 0) is 9.53 Å². The number of esters is 1. The van der Waals surface area contributed by atoms with Crippen LogP contribution in [0.3, 0.4) is 0 Å². The van der Waals surface area contributed by atoms with E-state index in [2.05, 4.69) is 15.4 Å². The van der Waals surface area contributed by atoms with Gasteiger partial charge in [-0.25, -0.2) is 18.9 Å². The Morgan fingerprint density at radius 1 is 1.22 bits per heavy atom. The van der Waals surface area contributed by atoms with Gasteiger partial charge in [-0.1, -0.05) is 19.3 Å². The number of carbonyl (C=O) groups is 2. The zero-order chi connectivity index (χ0) is 19.4. The van der Waals surface area contributed by atoms with Crippen molar-refractivity contribution in [3.8, 4) is 5.69 Å². The summed E-state index contributed by atoms with van der Waals surface area (Å²) in [5.74, 6) is -0.837. The number of aromatic nitrogens is 3. The third-order valence-electron chi connectivity index (χ3n) is 4.77. The summed E-state index contributed by atoms with van der Waals surface area (Å²) in [5.41, 5.74) is -0.432. The molecule has 1 fully saturated rings. The van der Waals surface area contributed by atoms with Gasteiger partial charge in [0, 0.05) is 0 Å². The molecule has 0 radical (unpaired) electrons. The van der Waals surface area contributed by atoms with Gasteiger partial charge in [-0.3, -0.25) is 4.79 Å². The average molecular weight is 374 g/mol. The molecule has 1 aromatic heterocycles. The molecule has 1 amide bonds. The van der Waals surface area contributed by atoms with Crippen LogP contribution >= 0.6 is 0 Å². The van der Waals surface area contributed by atoms with Crippen molar-refractivity contribution in [1.29, 1.82) is 0 Å². The van der Waals surface area contributed by atoms with Crippen molar-refractivity contribution in [2.24, 2.45) is 0 Å². The van der Waals surface area contributed by atoms with Crippen LogP contribution in [0.15, 0.2) is 24.3 Å². The van der Waals surface area contributed by atoms with Gasteiger partial charge in [0.2, 0.25) is 5.82 Å². The minimum Gasteiger partial charge on any atom is -0.464 e. The number of hydrogen-bond acceptors (Lipinski definition) is 5. The second-order valence-corrected chi connectivity index (χ2v) is 6.69. The maximum atomic E-state index is 13.1. The summed E-state index contributed by atoms with van der Waals surface area (Å²) in [6, 6.07) is 5.74. The lowest BCUT2D eigenvalue weighted by molar-refractivity contribution is -0.152. The molecule has 0 atom stereocenters. The summed E-state index contributed by atoms with van der Waals surface area (Å²) in [6.45, 7) is 3.70. The molecule has 0 spiro atoms. The first-order valence-corrected chi connectivity index (χ1v) is 9.14. The number of aryl methyl sites for hydroxylation is 1. The van der Waals surface area contributed by atoms with Crippen LogP contribution in [0, 0.1) is 12.7 Å². The van der Waals surface area contributed by atoms with Crippen molar-refractivity contribution in [1.82, 2.24) is 20.1 Å². The van der Waals surface area contributed by atoms with E-state index in [4.69, 9.17) is 4.74 Å². The van der Waals surface area contributed by atoms with Gasteiger partial charge in [-0.05, 0) is 51.0 Å². The highest BCUT2D eigenvalue weighted by molar-refractivity contribution is 5.95. The molecule has 1 N–H and O–H groups in total. The molecule has 1 heterocycles. The minimum atomic E-state index is -1.03. The number of hydrogen-bond donors (Lipinski definition) is 1. The van der Waals surface area contributed by atoms with Crippen molar-refractivity contribution in [3.05, 3.63) is 41.7 Å². The summed E-state index contributed by atoms with van der Waals surface area (Å²) >= 11 is 0. The Bertz CT molecular complexity index is 826. The molecule has 0 bridgehead atoms. The molecule has 27 heavy (non-hydrogen) atoms. The largest absolute Gasteiger partial charge is 0.464 e. The second kappa shape index (κ2) is 7.85. The fourth-order valence-corrected chi connectivity index (χ4v) is 3.39. The molecule has 0 unspecified atom stereocenters. The molecule has 3 rings (SSSR count). The third kappa shape index (κ3) is 3.99. The number of halogens is 1. The molecule has 0 aliphatic heterocycles. The van der Waals surface area contributed by atoms with Crippen LogP contribution in [0.25, 0.3) is 5.69 Å². The summed E-state index contributed by atoms with van der Waals surface area (Å²) in [6.07, 6.45) is 3.78. The number of rotatable bonds is 5. The summed E-state index contributed by atoms with van der Waals surface area (Å²) in [4.78, 5) is 29.5. The minimum absolute atomic E-state index is 0.0360. The van der Waals surface area contributed by atoms with Gasteiger partial charge in [-0.15, -0.1) is 5.10 Å². The number of nitrogens with one attached hydrogen (secondary N) is 1. The van der Waals surface area contributed by atoms with E-state index in [9.17, 15) is 14.0 Å². The van der Waals surface area contributed by atoms with E-state index in [1.165, 1.54) is 16.8 Å². The Balaban J connectivity index is 1.83. The summed E-state index contributed by atoms with van der Waals surface area (Å²) in [7, 11) is 0. The first-order valence-electron chi connectivity index (χ1n) is 9.14. The van der Waals surface area contributed by atoms with Crippen LogP contribution in [0.1, 0.15) is 55.5 Å². The number of ether oxygens (including phenoxy) is 1. The number of amides is 1. The van der Waals surface area contributed by atoms with Gasteiger partial charge >= 0.3 is 5.97 Å². The van der Waals surface area contributed by atoms with Crippen LogP contribution in [0.4, 0.5) is 4.39 Å². The van der Waals surface area contributed by atoms with Gasteiger partial charge < -0.3 is 10.1 Å². The SMILES string of the molecule is CCOC(=O)C1(NC(=O)c2nc(C)n(-c3ccc(F)cc3)n2)CCCCC1. The number of carbonyl (C=O) groups excluding carboxylic acids is 2. The van der Waals surface area contributed by atoms with Crippen LogP contribution in [0.5, 0.6) is 0 Å². The molecule has 1 saturated carbocycles. The summed E-state index contributed by atoms with van der Waals surface area (Å²) < 4.78 is 19.8. The van der Waals surface area contributed by atoms with Gasteiger partial charge in [0.25, 0.3) is 5.91 Å². The smallest absolute Gasteiger partial charge is 0.331 e. The van der Waals surface area contributed by atoms with E-state index >= 15 is 0 Å². The zero-order valence-electron chi connectivity index (χ0n) is 15.5. The lowest BCUT2D eigenvalue weighted by Crippen LogP contribution is -2.56. The van der Waals surface area contributed by atoms with E-state index in [-0.39, 0.29) is 18.2 Å². The van der Waals surface area contributed by atoms with E-state index in [0.717, 1.165) is 19.3 Å². The lowest BCUT2D eigenvalue weighted by atomic mass is 9.81. The molecular weight excluding hydrogens is 351 g/mol. The Hall–Kier alpha value is -2.77. The predicted octanol–water partition coefficient (Wildman–Crippen LogP) is 2.71. The summed E-state index contributed by atoms with van der Waals surface area (Å²) in [5, 5.41) is 7.05.